The Labute approximate surface area is 116 Å². The predicted molar refractivity (Wildman–Crippen MR) is 79.9 cm³/mol. The number of hydrogen-bond donors (Lipinski definition) is 1. The van der Waals surface area contributed by atoms with Crippen molar-refractivity contribution in [3.8, 4) is 0 Å². The summed E-state index contributed by atoms with van der Waals surface area (Å²) in [5.74, 6) is 0. The molecule has 0 spiro atoms. The summed E-state index contributed by atoms with van der Waals surface area (Å²) in [7, 11) is -0.257. The maximum Gasteiger partial charge on any atom is 0.242 e. The van der Waals surface area contributed by atoms with Gasteiger partial charge in [0.25, 0.3) is 0 Å². The second kappa shape index (κ2) is 6.91. The van der Waals surface area contributed by atoms with Gasteiger partial charge in [0.15, 0.2) is 0 Å². The van der Waals surface area contributed by atoms with Crippen molar-refractivity contribution in [3.63, 3.8) is 0 Å². The van der Waals surface area contributed by atoms with E-state index in [4.69, 9.17) is 0 Å². The number of hydrogen-bond acceptors (Lipinski definition) is 3. The van der Waals surface area contributed by atoms with Crippen molar-refractivity contribution in [1.82, 2.24) is 4.31 Å². The smallest absolute Gasteiger partial charge is 0.242 e. The summed E-state index contributed by atoms with van der Waals surface area (Å²) in [6, 6.07) is 7.40. The Hall–Kier alpha value is -1.07. The number of nitrogens with zero attached hydrogens (tertiary/aromatic N) is 1. The van der Waals surface area contributed by atoms with E-state index >= 15 is 0 Å². The Morgan fingerprint density at radius 2 is 1.74 bits per heavy atom. The Balaban J connectivity index is 2.82. The first kappa shape index (κ1) is 16.0. The third-order valence-corrected chi connectivity index (χ3v) is 4.96. The maximum absolute atomic E-state index is 11.9. The van der Waals surface area contributed by atoms with Crippen molar-refractivity contribution in [3.05, 3.63) is 24.3 Å². The van der Waals surface area contributed by atoms with Gasteiger partial charge in [0.2, 0.25) is 10.0 Å². The van der Waals surface area contributed by atoms with Crippen LogP contribution in [0.15, 0.2) is 29.2 Å². The molecule has 0 radical (unpaired) electrons. The van der Waals surface area contributed by atoms with Gasteiger partial charge < -0.3 is 5.32 Å². The van der Waals surface area contributed by atoms with Gasteiger partial charge in [-0.3, -0.25) is 0 Å². The van der Waals surface area contributed by atoms with Gasteiger partial charge in [-0.15, -0.1) is 0 Å². The number of benzene rings is 1. The molecule has 4 nitrogen and oxygen atoms in total. The molecule has 19 heavy (non-hydrogen) atoms. The first-order valence-electron chi connectivity index (χ1n) is 6.71. The molecule has 0 aromatic heterocycles. The van der Waals surface area contributed by atoms with Crippen LogP contribution in [0.5, 0.6) is 0 Å². The van der Waals surface area contributed by atoms with Gasteiger partial charge in [0.1, 0.15) is 0 Å². The molecule has 0 amide bonds. The van der Waals surface area contributed by atoms with Gasteiger partial charge in [-0.1, -0.05) is 20.3 Å². The standard InChI is InChI=1S/C14H24N2O2S/c1-5-7-12(6-2)15-13-8-10-14(11-9-13)19(17,18)16(3)4/h8-12,15H,5-7H2,1-4H3. The fourth-order valence-corrected chi connectivity index (χ4v) is 2.80. The number of nitrogens with one attached hydrogen (secondary N) is 1. The number of rotatable bonds is 7. The average Bonchev–Trinajstić information content (AvgIpc) is 2.38. The largest absolute Gasteiger partial charge is 0.382 e. The lowest BCUT2D eigenvalue weighted by molar-refractivity contribution is 0.521. The number of sulfonamides is 1. The van der Waals surface area contributed by atoms with Crippen LogP contribution in [-0.4, -0.2) is 32.9 Å². The lowest BCUT2D eigenvalue weighted by Gasteiger charge is -2.18. The first-order valence-corrected chi connectivity index (χ1v) is 8.15. The molecule has 0 heterocycles. The van der Waals surface area contributed by atoms with E-state index in [1.807, 2.05) is 12.1 Å². The maximum atomic E-state index is 11.9. The Morgan fingerprint density at radius 3 is 2.16 bits per heavy atom. The third-order valence-electron chi connectivity index (χ3n) is 3.13. The van der Waals surface area contributed by atoms with Crippen LogP contribution >= 0.6 is 0 Å². The fourth-order valence-electron chi connectivity index (χ4n) is 1.90. The van der Waals surface area contributed by atoms with Gasteiger partial charge in [0.05, 0.1) is 4.90 Å². The fraction of sp³-hybridized carbons (Fsp3) is 0.571. The van der Waals surface area contributed by atoms with Gasteiger partial charge >= 0.3 is 0 Å². The van der Waals surface area contributed by atoms with Crippen molar-refractivity contribution in [2.45, 2.75) is 44.0 Å². The van der Waals surface area contributed by atoms with Crippen LogP contribution in [0, 0.1) is 0 Å². The molecule has 0 aliphatic rings. The highest BCUT2D eigenvalue weighted by Crippen LogP contribution is 2.18. The molecule has 0 saturated carbocycles. The highest BCUT2D eigenvalue weighted by Gasteiger charge is 2.16. The van der Waals surface area contributed by atoms with Crippen molar-refractivity contribution in [1.29, 1.82) is 0 Å². The minimum absolute atomic E-state index is 0.326. The molecule has 0 aliphatic heterocycles. The van der Waals surface area contributed by atoms with E-state index < -0.39 is 10.0 Å². The summed E-state index contributed by atoms with van der Waals surface area (Å²) in [6.07, 6.45) is 3.32. The SMILES string of the molecule is CCCC(CC)Nc1ccc(S(=O)(=O)N(C)C)cc1. The lowest BCUT2D eigenvalue weighted by atomic mass is 10.1. The van der Waals surface area contributed by atoms with E-state index in [1.165, 1.54) is 18.4 Å². The van der Waals surface area contributed by atoms with E-state index in [0.29, 0.717) is 10.9 Å². The minimum atomic E-state index is -3.33. The number of anilines is 1. The zero-order chi connectivity index (χ0) is 14.5. The Kier molecular flexibility index (Phi) is 5.82. The van der Waals surface area contributed by atoms with Gasteiger partial charge in [-0.2, -0.15) is 0 Å². The molecule has 1 aromatic carbocycles. The van der Waals surface area contributed by atoms with E-state index in [1.54, 1.807) is 12.1 Å². The van der Waals surface area contributed by atoms with Crippen LogP contribution in [0.25, 0.3) is 0 Å². The molecule has 1 atom stereocenters. The zero-order valence-corrected chi connectivity index (χ0v) is 13.0. The van der Waals surface area contributed by atoms with Crippen molar-refractivity contribution in [2.24, 2.45) is 0 Å². The quantitative estimate of drug-likeness (QED) is 0.837. The van der Waals surface area contributed by atoms with Gasteiger partial charge in [-0.25, -0.2) is 12.7 Å². The molecule has 1 aromatic rings. The molecular formula is C14H24N2O2S. The molecule has 1 unspecified atom stereocenters. The monoisotopic (exact) mass is 284 g/mol. The highest BCUT2D eigenvalue weighted by atomic mass is 32.2. The summed E-state index contributed by atoms with van der Waals surface area (Å²) < 4.78 is 25.1. The molecular weight excluding hydrogens is 260 g/mol. The summed E-state index contributed by atoms with van der Waals surface area (Å²) in [4.78, 5) is 0.326. The zero-order valence-electron chi connectivity index (χ0n) is 12.2. The topological polar surface area (TPSA) is 49.4 Å². The lowest BCUT2D eigenvalue weighted by Crippen LogP contribution is -2.22. The molecule has 1 rings (SSSR count). The summed E-state index contributed by atoms with van der Waals surface area (Å²) in [5.41, 5.74) is 0.970. The summed E-state index contributed by atoms with van der Waals surface area (Å²) in [5, 5.41) is 3.43. The first-order chi connectivity index (χ1) is 8.91. The molecule has 0 saturated heterocycles. The molecule has 5 heteroatoms. The third kappa shape index (κ3) is 4.21. The van der Waals surface area contributed by atoms with Crippen LogP contribution < -0.4 is 5.32 Å². The van der Waals surface area contributed by atoms with Crippen LogP contribution in [0.2, 0.25) is 0 Å². The second-order valence-electron chi connectivity index (χ2n) is 4.85. The summed E-state index contributed by atoms with van der Waals surface area (Å²) in [6.45, 7) is 4.31. The van der Waals surface area contributed by atoms with Crippen LogP contribution in [0.1, 0.15) is 33.1 Å². The molecule has 1 N–H and O–H groups in total. The van der Waals surface area contributed by atoms with Gasteiger partial charge in [-0.05, 0) is 37.1 Å². The minimum Gasteiger partial charge on any atom is -0.382 e. The van der Waals surface area contributed by atoms with Gasteiger partial charge in [0, 0.05) is 25.8 Å². The van der Waals surface area contributed by atoms with E-state index in [-0.39, 0.29) is 0 Å². The Morgan fingerprint density at radius 1 is 1.16 bits per heavy atom. The molecule has 0 bridgehead atoms. The van der Waals surface area contributed by atoms with Crippen molar-refractivity contribution >= 4 is 15.7 Å². The molecule has 0 aliphatic carbocycles. The summed E-state index contributed by atoms with van der Waals surface area (Å²) >= 11 is 0. The predicted octanol–water partition coefficient (Wildman–Crippen LogP) is 2.93. The second-order valence-corrected chi connectivity index (χ2v) is 7.00. The Bertz CT molecular complexity index is 481. The van der Waals surface area contributed by atoms with E-state index in [0.717, 1.165) is 24.9 Å². The molecule has 108 valence electrons. The van der Waals surface area contributed by atoms with Crippen LogP contribution in [-0.2, 0) is 10.0 Å². The van der Waals surface area contributed by atoms with E-state index in [2.05, 4.69) is 19.2 Å². The highest BCUT2D eigenvalue weighted by molar-refractivity contribution is 7.89. The van der Waals surface area contributed by atoms with Crippen LogP contribution in [0.4, 0.5) is 5.69 Å². The van der Waals surface area contributed by atoms with Crippen molar-refractivity contribution < 1.29 is 8.42 Å². The average molecular weight is 284 g/mol. The van der Waals surface area contributed by atoms with Crippen LogP contribution in [0.3, 0.4) is 0 Å². The normalized spacial score (nSPS) is 13.5. The van der Waals surface area contributed by atoms with Crippen molar-refractivity contribution in [2.75, 3.05) is 19.4 Å². The van der Waals surface area contributed by atoms with E-state index in [9.17, 15) is 8.42 Å². The molecule has 0 fully saturated rings.